The molecule has 8 nitrogen and oxygen atoms in total. The zero-order valence-electron chi connectivity index (χ0n) is 18.1. The molecule has 0 spiro atoms. The van der Waals surface area contributed by atoms with Crippen LogP contribution in [0.4, 0.5) is 11.6 Å². The van der Waals surface area contributed by atoms with Gasteiger partial charge in [-0.25, -0.2) is 4.98 Å². The largest absolute Gasteiger partial charge is 0.351 e. The van der Waals surface area contributed by atoms with E-state index in [1.54, 1.807) is 25.1 Å². The van der Waals surface area contributed by atoms with Gasteiger partial charge >= 0.3 is 0 Å². The van der Waals surface area contributed by atoms with Crippen molar-refractivity contribution in [2.75, 3.05) is 10.6 Å². The molecular formula is C23H22Cl2N6O2. The van der Waals surface area contributed by atoms with Gasteiger partial charge in [-0.1, -0.05) is 41.4 Å². The molecule has 2 heterocycles. The number of carbonyl (C=O) groups is 1. The Bertz CT molecular complexity index is 1380. The Morgan fingerprint density at radius 1 is 1.09 bits per heavy atom. The third-order valence-electron chi connectivity index (χ3n) is 5.31. The monoisotopic (exact) mass is 484 g/mol. The zero-order chi connectivity index (χ0) is 23.5. The highest BCUT2D eigenvalue weighted by Crippen LogP contribution is 2.23. The van der Waals surface area contributed by atoms with Crippen molar-refractivity contribution >= 4 is 46.5 Å². The molecule has 10 heteroatoms. The summed E-state index contributed by atoms with van der Waals surface area (Å²) in [6.45, 7) is 4.08. The maximum absolute atomic E-state index is 13.0. The first-order valence-corrected chi connectivity index (χ1v) is 11.1. The van der Waals surface area contributed by atoms with Gasteiger partial charge in [-0.2, -0.15) is 9.50 Å². The minimum atomic E-state index is -0.281. The second kappa shape index (κ2) is 9.64. The van der Waals surface area contributed by atoms with Crippen molar-refractivity contribution in [3.8, 4) is 0 Å². The lowest BCUT2D eigenvalue weighted by Crippen LogP contribution is -2.23. The van der Waals surface area contributed by atoms with Crippen LogP contribution in [-0.2, 0) is 17.8 Å². The molecule has 4 aromatic rings. The van der Waals surface area contributed by atoms with Crippen LogP contribution in [0.3, 0.4) is 0 Å². The van der Waals surface area contributed by atoms with Gasteiger partial charge in [0, 0.05) is 34.3 Å². The van der Waals surface area contributed by atoms with Crippen molar-refractivity contribution in [2.24, 2.45) is 0 Å². The van der Waals surface area contributed by atoms with Gasteiger partial charge in [-0.05, 0) is 55.7 Å². The van der Waals surface area contributed by atoms with E-state index >= 15 is 0 Å². The quantitative estimate of drug-likeness (QED) is 0.357. The summed E-state index contributed by atoms with van der Waals surface area (Å²) < 4.78 is 1.28. The van der Waals surface area contributed by atoms with Crippen LogP contribution in [0.5, 0.6) is 0 Å². The van der Waals surface area contributed by atoms with Crippen LogP contribution in [0.1, 0.15) is 28.8 Å². The van der Waals surface area contributed by atoms with Gasteiger partial charge in [0.2, 0.25) is 11.9 Å². The highest BCUT2D eigenvalue weighted by molar-refractivity contribution is 6.31. The molecule has 3 N–H and O–H groups in total. The Balaban J connectivity index is 1.46. The number of fused-ring (bicyclic) bond motifs is 1. The maximum Gasteiger partial charge on any atom is 0.277 e. The van der Waals surface area contributed by atoms with E-state index in [1.165, 1.54) is 4.52 Å². The molecular weight excluding hydrogens is 463 g/mol. The van der Waals surface area contributed by atoms with Gasteiger partial charge in [0.05, 0.1) is 5.69 Å². The van der Waals surface area contributed by atoms with Crippen LogP contribution < -0.4 is 16.2 Å². The maximum atomic E-state index is 13.0. The molecule has 0 bridgehead atoms. The van der Waals surface area contributed by atoms with Crippen LogP contribution in [0.15, 0.2) is 47.3 Å². The van der Waals surface area contributed by atoms with Crippen molar-refractivity contribution in [1.29, 1.82) is 0 Å². The fourth-order valence-corrected chi connectivity index (χ4v) is 3.70. The SMILES string of the molecule is Cc1nc2nc(NCc3ccc(Cl)cc3)[nH]n2c(=O)c1CCC(=O)Nc1cccc(Cl)c1C. The molecule has 4 rings (SSSR count). The second-order valence-corrected chi connectivity index (χ2v) is 8.47. The van der Waals surface area contributed by atoms with E-state index in [0.29, 0.717) is 39.5 Å². The molecule has 0 radical (unpaired) electrons. The van der Waals surface area contributed by atoms with E-state index < -0.39 is 0 Å². The first kappa shape index (κ1) is 22.8. The second-order valence-electron chi connectivity index (χ2n) is 7.63. The van der Waals surface area contributed by atoms with Crippen LogP contribution >= 0.6 is 23.2 Å². The highest BCUT2D eigenvalue weighted by Gasteiger charge is 2.15. The summed E-state index contributed by atoms with van der Waals surface area (Å²) in [5.74, 6) is 0.471. The summed E-state index contributed by atoms with van der Waals surface area (Å²) in [5.41, 5.74) is 3.18. The number of aromatic amines is 1. The van der Waals surface area contributed by atoms with E-state index in [9.17, 15) is 9.59 Å². The number of carbonyl (C=O) groups excluding carboxylic acids is 1. The smallest absolute Gasteiger partial charge is 0.277 e. The number of anilines is 2. The zero-order valence-corrected chi connectivity index (χ0v) is 19.6. The standard InChI is InChI=1S/C23H22Cl2N6O2/c1-13-18(25)4-3-5-19(13)28-20(32)11-10-17-14(2)27-23-29-22(30-31(23)21(17)33)26-12-15-6-8-16(24)9-7-15/h3-9H,10-12H2,1-2H3,(H,28,32)(H2,26,27,29,30). The fourth-order valence-electron chi connectivity index (χ4n) is 3.40. The summed E-state index contributed by atoms with van der Waals surface area (Å²) in [6, 6.07) is 12.7. The van der Waals surface area contributed by atoms with Crippen molar-refractivity contribution < 1.29 is 4.79 Å². The van der Waals surface area contributed by atoms with Crippen LogP contribution in [0.2, 0.25) is 10.0 Å². The molecule has 1 amide bonds. The Kier molecular flexibility index (Phi) is 6.67. The normalized spacial score (nSPS) is 11.0. The Morgan fingerprint density at radius 3 is 2.61 bits per heavy atom. The average Bonchev–Trinajstić information content (AvgIpc) is 3.19. The molecule has 0 aliphatic carbocycles. The Hall–Kier alpha value is -3.36. The number of nitrogens with zero attached hydrogens (tertiary/aromatic N) is 3. The molecule has 2 aromatic heterocycles. The summed E-state index contributed by atoms with van der Waals surface area (Å²) in [6.07, 6.45) is 0.379. The van der Waals surface area contributed by atoms with Crippen molar-refractivity contribution in [1.82, 2.24) is 19.6 Å². The molecule has 0 unspecified atom stereocenters. The highest BCUT2D eigenvalue weighted by atomic mass is 35.5. The van der Waals surface area contributed by atoms with E-state index in [2.05, 4.69) is 25.7 Å². The van der Waals surface area contributed by atoms with Gasteiger partial charge in [0.15, 0.2) is 0 Å². The number of benzene rings is 2. The topological polar surface area (TPSA) is 104 Å². The molecule has 0 saturated heterocycles. The number of halogens is 2. The minimum absolute atomic E-state index is 0.131. The van der Waals surface area contributed by atoms with Gasteiger partial charge < -0.3 is 10.6 Å². The summed E-state index contributed by atoms with van der Waals surface area (Å²) in [5, 5.41) is 10.2. The molecule has 0 fully saturated rings. The first-order valence-electron chi connectivity index (χ1n) is 10.3. The Labute approximate surface area is 200 Å². The third-order valence-corrected chi connectivity index (χ3v) is 5.97. The predicted molar refractivity (Wildman–Crippen MR) is 130 cm³/mol. The molecule has 0 atom stereocenters. The molecule has 2 aromatic carbocycles. The van der Waals surface area contributed by atoms with Crippen molar-refractivity contribution in [2.45, 2.75) is 33.2 Å². The van der Waals surface area contributed by atoms with Gasteiger partial charge in [0.25, 0.3) is 11.3 Å². The predicted octanol–water partition coefficient (Wildman–Crippen LogP) is 4.52. The van der Waals surface area contributed by atoms with E-state index in [-0.39, 0.29) is 30.1 Å². The van der Waals surface area contributed by atoms with Gasteiger partial charge in [-0.15, -0.1) is 0 Å². The van der Waals surface area contributed by atoms with Gasteiger partial charge in [-0.3, -0.25) is 14.7 Å². The number of nitrogens with one attached hydrogen (secondary N) is 3. The molecule has 0 aliphatic heterocycles. The number of H-pyrrole nitrogens is 1. The van der Waals surface area contributed by atoms with E-state index in [0.717, 1.165) is 11.1 Å². The molecule has 170 valence electrons. The summed E-state index contributed by atoms with van der Waals surface area (Å²) in [7, 11) is 0. The van der Waals surface area contributed by atoms with Crippen molar-refractivity contribution in [3.05, 3.63) is 85.2 Å². The van der Waals surface area contributed by atoms with Crippen LogP contribution in [0.25, 0.3) is 5.78 Å². The lowest BCUT2D eigenvalue weighted by molar-refractivity contribution is -0.116. The van der Waals surface area contributed by atoms with Crippen LogP contribution in [-0.4, -0.2) is 25.5 Å². The molecule has 33 heavy (non-hydrogen) atoms. The van der Waals surface area contributed by atoms with Crippen LogP contribution in [0, 0.1) is 13.8 Å². The van der Waals surface area contributed by atoms with Crippen molar-refractivity contribution in [3.63, 3.8) is 0 Å². The summed E-state index contributed by atoms with van der Waals surface area (Å²) in [4.78, 5) is 34.2. The number of aryl methyl sites for hydroxylation is 1. The number of rotatable bonds is 7. The lowest BCUT2D eigenvalue weighted by atomic mass is 10.1. The lowest BCUT2D eigenvalue weighted by Gasteiger charge is -2.10. The number of hydrogen-bond acceptors (Lipinski definition) is 5. The number of aromatic nitrogens is 4. The summed E-state index contributed by atoms with van der Waals surface area (Å²) >= 11 is 12.0. The van der Waals surface area contributed by atoms with Gasteiger partial charge in [0.1, 0.15) is 0 Å². The molecule has 0 saturated carbocycles. The average molecular weight is 485 g/mol. The number of amides is 1. The van der Waals surface area contributed by atoms with E-state index in [1.807, 2.05) is 31.2 Å². The first-order chi connectivity index (χ1) is 15.8. The Morgan fingerprint density at radius 2 is 1.85 bits per heavy atom. The molecule has 0 aliphatic rings. The van der Waals surface area contributed by atoms with E-state index in [4.69, 9.17) is 23.2 Å². The number of hydrogen-bond donors (Lipinski definition) is 3. The third kappa shape index (κ3) is 5.18. The fraction of sp³-hybridized carbons (Fsp3) is 0.217. The minimum Gasteiger partial charge on any atom is -0.351 e.